The lowest BCUT2D eigenvalue weighted by atomic mass is 10.0. The Balaban J connectivity index is 2.19. The normalized spacial score (nSPS) is 16.6. The van der Waals surface area contributed by atoms with E-state index in [9.17, 15) is 18.0 Å². The van der Waals surface area contributed by atoms with Crippen molar-refractivity contribution in [3.63, 3.8) is 0 Å². The Morgan fingerprint density at radius 2 is 2.10 bits per heavy atom. The number of carboxylic acids is 1. The first-order chi connectivity index (χ1) is 9.65. The lowest BCUT2D eigenvalue weighted by Gasteiger charge is -2.28. The third-order valence-electron chi connectivity index (χ3n) is 3.13. The van der Waals surface area contributed by atoms with E-state index in [0.29, 0.717) is 24.0 Å². The Hall–Kier alpha value is -1.67. The first-order valence-corrected chi connectivity index (χ1v) is 6.16. The lowest BCUT2D eigenvalue weighted by molar-refractivity contribution is -0.206. The average Bonchev–Trinajstić information content (AvgIpc) is 2.83. The van der Waals surface area contributed by atoms with E-state index >= 15 is 0 Å². The van der Waals surface area contributed by atoms with Crippen molar-refractivity contribution in [2.75, 3.05) is 6.79 Å². The van der Waals surface area contributed by atoms with Gasteiger partial charge in [-0.3, -0.25) is 5.32 Å². The molecular formula is C12H11ClF3NO4. The number of aliphatic carboxylic acids is 1. The van der Waals surface area contributed by atoms with Crippen LogP contribution in [0.3, 0.4) is 0 Å². The van der Waals surface area contributed by atoms with E-state index in [-0.39, 0.29) is 18.4 Å². The number of rotatable bonds is 4. The molecule has 0 spiro atoms. The number of nitrogens with one attached hydrogen (secondary N) is 1. The quantitative estimate of drug-likeness (QED) is 0.890. The van der Waals surface area contributed by atoms with Crippen LogP contribution in [0.15, 0.2) is 12.1 Å². The van der Waals surface area contributed by atoms with Gasteiger partial charge in [-0.1, -0.05) is 11.6 Å². The molecule has 0 saturated heterocycles. The maximum atomic E-state index is 12.8. The summed E-state index contributed by atoms with van der Waals surface area (Å²) >= 11 is 5.91. The van der Waals surface area contributed by atoms with Gasteiger partial charge in [0.05, 0.1) is 5.02 Å². The number of benzene rings is 1. The van der Waals surface area contributed by atoms with E-state index in [0.717, 1.165) is 0 Å². The number of alkyl halides is 3. The summed E-state index contributed by atoms with van der Waals surface area (Å²) in [6, 6.07) is 2.83. The van der Waals surface area contributed by atoms with Gasteiger partial charge in [-0.05, 0) is 24.6 Å². The standard InChI is InChI=1S/C12H11ClF3NO4/c1-11(10(18)19,12(14,15)16)17-4-6-2-7(13)9-8(3-6)20-5-21-9/h2-3,17H,4-5H2,1H3,(H,18,19). The number of fused-ring (bicyclic) bond motifs is 1. The number of halogens is 4. The molecule has 0 saturated carbocycles. The van der Waals surface area contributed by atoms with Crippen molar-refractivity contribution in [1.29, 1.82) is 0 Å². The summed E-state index contributed by atoms with van der Waals surface area (Å²) in [4.78, 5) is 10.9. The van der Waals surface area contributed by atoms with Crippen molar-refractivity contribution < 1.29 is 32.5 Å². The molecule has 116 valence electrons. The minimum atomic E-state index is -4.95. The van der Waals surface area contributed by atoms with Gasteiger partial charge in [0.1, 0.15) is 0 Å². The molecule has 0 radical (unpaired) electrons. The van der Waals surface area contributed by atoms with Crippen molar-refractivity contribution in [3.05, 3.63) is 22.7 Å². The minimum Gasteiger partial charge on any atom is -0.480 e. The highest BCUT2D eigenvalue weighted by atomic mass is 35.5. The van der Waals surface area contributed by atoms with Crippen LogP contribution < -0.4 is 14.8 Å². The van der Waals surface area contributed by atoms with Crippen LogP contribution in [0.2, 0.25) is 5.02 Å². The predicted molar refractivity (Wildman–Crippen MR) is 66.5 cm³/mol. The van der Waals surface area contributed by atoms with Crippen LogP contribution in [0, 0.1) is 0 Å². The summed E-state index contributed by atoms with van der Waals surface area (Å²) in [6.07, 6.45) is -4.95. The van der Waals surface area contributed by atoms with E-state index in [4.69, 9.17) is 26.2 Å². The fourth-order valence-corrected chi connectivity index (χ4v) is 1.99. The van der Waals surface area contributed by atoms with Crippen LogP contribution in [-0.4, -0.2) is 29.6 Å². The average molecular weight is 326 g/mol. The molecular weight excluding hydrogens is 315 g/mol. The van der Waals surface area contributed by atoms with E-state index in [1.807, 2.05) is 5.32 Å². The Bertz CT molecular complexity index is 578. The largest absolute Gasteiger partial charge is 0.480 e. The smallest absolute Gasteiger partial charge is 0.417 e. The fourth-order valence-electron chi connectivity index (χ4n) is 1.70. The van der Waals surface area contributed by atoms with Gasteiger partial charge >= 0.3 is 12.1 Å². The van der Waals surface area contributed by atoms with Gasteiger partial charge in [0.15, 0.2) is 11.5 Å². The summed E-state index contributed by atoms with van der Waals surface area (Å²) in [6.45, 7) is 0.184. The molecule has 1 aromatic rings. The molecule has 1 heterocycles. The Morgan fingerprint density at radius 1 is 1.43 bits per heavy atom. The van der Waals surface area contributed by atoms with Crippen molar-refractivity contribution in [2.24, 2.45) is 0 Å². The van der Waals surface area contributed by atoms with Crippen molar-refractivity contribution in [1.82, 2.24) is 5.32 Å². The SMILES string of the molecule is CC(NCc1cc(Cl)c2c(c1)OCO2)(C(=O)O)C(F)(F)F. The molecule has 2 N–H and O–H groups in total. The maximum absolute atomic E-state index is 12.8. The third kappa shape index (κ3) is 2.86. The number of ether oxygens (including phenoxy) is 2. The predicted octanol–water partition coefficient (Wildman–Crippen LogP) is 2.56. The van der Waals surface area contributed by atoms with Crippen LogP contribution in [0.25, 0.3) is 0 Å². The highest BCUT2D eigenvalue weighted by Gasteiger charge is 2.57. The molecule has 1 aliphatic rings. The molecule has 1 aliphatic heterocycles. The fraction of sp³-hybridized carbons (Fsp3) is 0.417. The Labute approximate surface area is 122 Å². The number of hydrogen-bond acceptors (Lipinski definition) is 4. The van der Waals surface area contributed by atoms with Gasteiger partial charge in [-0.2, -0.15) is 13.2 Å². The summed E-state index contributed by atoms with van der Waals surface area (Å²) in [5.41, 5.74) is -2.71. The Morgan fingerprint density at radius 3 is 2.67 bits per heavy atom. The molecule has 1 atom stereocenters. The molecule has 9 heteroatoms. The molecule has 0 amide bonds. The van der Waals surface area contributed by atoms with Crippen LogP contribution in [-0.2, 0) is 11.3 Å². The van der Waals surface area contributed by atoms with E-state index in [2.05, 4.69) is 0 Å². The van der Waals surface area contributed by atoms with Gasteiger partial charge in [0.2, 0.25) is 12.3 Å². The first-order valence-electron chi connectivity index (χ1n) is 5.78. The van der Waals surface area contributed by atoms with Crippen LogP contribution in [0.5, 0.6) is 11.5 Å². The molecule has 0 bridgehead atoms. The number of carbonyl (C=O) groups is 1. The summed E-state index contributed by atoms with van der Waals surface area (Å²) in [5.74, 6) is -1.39. The van der Waals surface area contributed by atoms with Gasteiger partial charge in [-0.15, -0.1) is 0 Å². The van der Waals surface area contributed by atoms with Gasteiger partial charge in [0, 0.05) is 6.54 Å². The molecule has 0 fully saturated rings. The van der Waals surface area contributed by atoms with E-state index < -0.39 is 17.7 Å². The number of carboxylic acid groups (broad SMARTS) is 1. The first kappa shape index (κ1) is 15.7. The zero-order valence-corrected chi connectivity index (χ0v) is 11.5. The summed E-state index contributed by atoms with van der Waals surface area (Å²) < 4.78 is 48.7. The molecule has 1 aromatic carbocycles. The zero-order chi connectivity index (χ0) is 15.8. The molecule has 0 aromatic heterocycles. The number of hydrogen-bond donors (Lipinski definition) is 2. The van der Waals surface area contributed by atoms with Gasteiger partial charge in [0.25, 0.3) is 0 Å². The molecule has 1 unspecified atom stereocenters. The van der Waals surface area contributed by atoms with E-state index in [1.165, 1.54) is 12.1 Å². The van der Waals surface area contributed by atoms with Crippen molar-refractivity contribution in [2.45, 2.75) is 25.2 Å². The second kappa shape index (κ2) is 5.27. The third-order valence-corrected chi connectivity index (χ3v) is 3.41. The molecule has 0 aliphatic carbocycles. The Kier molecular flexibility index (Phi) is 3.94. The van der Waals surface area contributed by atoms with E-state index in [1.54, 1.807) is 0 Å². The molecule has 2 rings (SSSR count). The minimum absolute atomic E-state index is 0.0265. The summed E-state index contributed by atoms with van der Waals surface area (Å²) in [5, 5.41) is 11.0. The lowest BCUT2D eigenvalue weighted by Crippen LogP contribution is -2.59. The van der Waals surface area contributed by atoms with Crippen molar-refractivity contribution in [3.8, 4) is 11.5 Å². The monoisotopic (exact) mass is 325 g/mol. The topological polar surface area (TPSA) is 67.8 Å². The molecule has 21 heavy (non-hydrogen) atoms. The molecule has 5 nitrogen and oxygen atoms in total. The summed E-state index contributed by atoms with van der Waals surface area (Å²) in [7, 11) is 0. The van der Waals surface area contributed by atoms with Crippen LogP contribution >= 0.6 is 11.6 Å². The van der Waals surface area contributed by atoms with Crippen LogP contribution in [0.4, 0.5) is 13.2 Å². The zero-order valence-electron chi connectivity index (χ0n) is 10.8. The van der Waals surface area contributed by atoms with Crippen molar-refractivity contribution >= 4 is 17.6 Å². The second-order valence-corrected chi connectivity index (χ2v) is 5.00. The highest BCUT2D eigenvalue weighted by Crippen LogP contribution is 2.40. The maximum Gasteiger partial charge on any atom is 0.417 e. The van der Waals surface area contributed by atoms with Gasteiger partial charge < -0.3 is 14.6 Å². The van der Waals surface area contributed by atoms with Crippen LogP contribution in [0.1, 0.15) is 12.5 Å². The highest BCUT2D eigenvalue weighted by molar-refractivity contribution is 6.32. The second-order valence-electron chi connectivity index (χ2n) is 4.59. The van der Waals surface area contributed by atoms with Gasteiger partial charge in [-0.25, -0.2) is 4.79 Å².